The minimum atomic E-state index is -1.36. The largest absolute Gasteiger partial charge is 0.328 e. The number of halogens is 1. The molecule has 88 valence electrons. The molecule has 0 saturated carbocycles. The lowest BCUT2D eigenvalue weighted by Crippen LogP contribution is -2.40. The van der Waals surface area contributed by atoms with E-state index >= 15 is 0 Å². The summed E-state index contributed by atoms with van der Waals surface area (Å²) in [6.07, 6.45) is 4.09. The molecule has 1 atom stereocenters. The van der Waals surface area contributed by atoms with Gasteiger partial charge in [-0.25, -0.2) is 9.37 Å². The molecule has 16 heavy (non-hydrogen) atoms. The van der Waals surface area contributed by atoms with E-state index in [1.807, 2.05) is 36.0 Å². The van der Waals surface area contributed by atoms with E-state index in [4.69, 9.17) is 5.73 Å². The Morgan fingerprint density at radius 1 is 1.62 bits per heavy atom. The predicted octanol–water partition coefficient (Wildman–Crippen LogP) is 2.26. The fourth-order valence-electron chi connectivity index (χ4n) is 1.67. The van der Waals surface area contributed by atoms with Gasteiger partial charge < -0.3 is 5.73 Å². The van der Waals surface area contributed by atoms with Crippen molar-refractivity contribution in [3.8, 4) is 0 Å². The Hall–Kier alpha value is -0.940. The van der Waals surface area contributed by atoms with Crippen molar-refractivity contribution in [3.63, 3.8) is 0 Å². The van der Waals surface area contributed by atoms with E-state index < -0.39 is 5.67 Å². The lowest BCUT2D eigenvalue weighted by atomic mass is 9.88. The van der Waals surface area contributed by atoms with Crippen LogP contribution in [0.4, 0.5) is 4.39 Å². The monoisotopic (exact) mass is 241 g/mol. The van der Waals surface area contributed by atoms with Crippen molar-refractivity contribution in [2.75, 3.05) is 6.54 Å². The molecule has 0 aromatic carbocycles. The minimum Gasteiger partial charge on any atom is -0.328 e. The first-order valence-electron chi connectivity index (χ1n) is 5.35. The van der Waals surface area contributed by atoms with Gasteiger partial charge in [0.2, 0.25) is 0 Å². The average Bonchev–Trinajstić information content (AvgIpc) is 2.77. The fraction of sp³-hybridized carbons (Fsp3) is 0.545. The van der Waals surface area contributed by atoms with Gasteiger partial charge in [0, 0.05) is 30.7 Å². The number of aromatic nitrogens is 2. The summed E-state index contributed by atoms with van der Waals surface area (Å²) in [5.74, 6) is -0.0998. The molecule has 0 radical (unpaired) electrons. The molecule has 2 heterocycles. The third kappa shape index (κ3) is 1.97. The maximum absolute atomic E-state index is 14.4. The number of alkyl halides is 1. The maximum Gasteiger partial charge on any atom is 0.193 e. The molecule has 1 unspecified atom stereocenters. The lowest BCUT2D eigenvalue weighted by molar-refractivity contribution is 0.109. The molecule has 5 heteroatoms. The van der Waals surface area contributed by atoms with Crippen LogP contribution in [-0.2, 0) is 6.42 Å². The first kappa shape index (κ1) is 11.5. The van der Waals surface area contributed by atoms with Gasteiger partial charge in [0.15, 0.2) is 4.96 Å². The highest BCUT2D eigenvalue weighted by molar-refractivity contribution is 7.15. The molecule has 2 aromatic heterocycles. The SMILES string of the molecule is CC(C)C(F)(CN)Cc1cn2ccsc2n1. The number of nitrogens with zero attached hydrogens (tertiary/aromatic N) is 2. The van der Waals surface area contributed by atoms with Crippen molar-refractivity contribution >= 4 is 16.3 Å². The zero-order valence-corrected chi connectivity index (χ0v) is 10.3. The van der Waals surface area contributed by atoms with Crippen LogP contribution >= 0.6 is 11.3 Å². The summed E-state index contributed by atoms with van der Waals surface area (Å²) in [5.41, 5.74) is 4.93. The number of hydrogen-bond donors (Lipinski definition) is 1. The summed E-state index contributed by atoms with van der Waals surface area (Å²) in [6.45, 7) is 3.74. The zero-order chi connectivity index (χ0) is 11.8. The van der Waals surface area contributed by atoms with Crippen LogP contribution in [-0.4, -0.2) is 21.6 Å². The van der Waals surface area contributed by atoms with E-state index in [0.717, 1.165) is 10.7 Å². The molecule has 0 fully saturated rings. The van der Waals surface area contributed by atoms with Crippen LogP contribution in [0.3, 0.4) is 0 Å². The molecular weight excluding hydrogens is 225 g/mol. The van der Waals surface area contributed by atoms with Gasteiger partial charge in [0.1, 0.15) is 5.67 Å². The fourth-order valence-corrected chi connectivity index (χ4v) is 2.39. The normalized spacial score (nSPS) is 15.8. The van der Waals surface area contributed by atoms with Crippen LogP contribution in [0.25, 0.3) is 4.96 Å². The zero-order valence-electron chi connectivity index (χ0n) is 9.48. The third-order valence-electron chi connectivity index (χ3n) is 2.99. The Morgan fingerprint density at radius 3 is 2.94 bits per heavy atom. The number of nitrogens with two attached hydrogens (primary N) is 1. The van der Waals surface area contributed by atoms with E-state index in [9.17, 15) is 4.39 Å². The summed E-state index contributed by atoms with van der Waals surface area (Å²) in [6, 6.07) is 0. The van der Waals surface area contributed by atoms with Crippen LogP contribution in [0.5, 0.6) is 0 Å². The van der Waals surface area contributed by atoms with E-state index in [0.29, 0.717) is 0 Å². The molecule has 0 aliphatic carbocycles. The number of hydrogen-bond acceptors (Lipinski definition) is 3. The van der Waals surface area contributed by atoms with Crippen LogP contribution in [0.2, 0.25) is 0 Å². The number of thiazole rings is 1. The highest BCUT2D eigenvalue weighted by Crippen LogP contribution is 2.26. The smallest absolute Gasteiger partial charge is 0.193 e. The summed E-state index contributed by atoms with van der Waals surface area (Å²) in [7, 11) is 0. The van der Waals surface area contributed by atoms with Crippen molar-refractivity contribution < 1.29 is 4.39 Å². The molecule has 0 aliphatic heterocycles. The summed E-state index contributed by atoms with van der Waals surface area (Å²) >= 11 is 1.55. The van der Waals surface area contributed by atoms with Gasteiger partial charge in [-0.2, -0.15) is 0 Å². The number of rotatable bonds is 4. The van der Waals surface area contributed by atoms with Crippen molar-refractivity contribution in [3.05, 3.63) is 23.5 Å². The Labute approximate surface area is 98.1 Å². The van der Waals surface area contributed by atoms with Crippen LogP contribution < -0.4 is 5.73 Å². The Balaban J connectivity index is 2.23. The van der Waals surface area contributed by atoms with Gasteiger partial charge in [-0.05, 0) is 5.92 Å². The molecule has 0 saturated heterocycles. The molecule has 2 N–H and O–H groups in total. The van der Waals surface area contributed by atoms with Gasteiger partial charge in [-0.15, -0.1) is 11.3 Å². The molecule has 0 spiro atoms. The molecule has 2 rings (SSSR count). The molecule has 0 bridgehead atoms. The third-order valence-corrected chi connectivity index (χ3v) is 3.76. The second-order valence-electron chi connectivity index (χ2n) is 4.40. The minimum absolute atomic E-state index is 0.0375. The maximum atomic E-state index is 14.4. The second kappa shape index (κ2) is 4.14. The van der Waals surface area contributed by atoms with Crippen molar-refractivity contribution in [1.82, 2.24) is 9.38 Å². The summed E-state index contributed by atoms with van der Waals surface area (Å²) in [4.78, 5) is 5.28. The van der Waals surface area contributed by atoms with Crippen molar-refractivity contribution in [1.29, 1.82) is 0 Å². The second-order valence-corrected chi connectivity index (χ2v) is 5.27. The molecule has 0 amide bonds. The molecule has 3 nitrogen and oxygen atoms in total. The standard InChI is InChI=1S/C11H16FN3S/c1-8(2)11(12,7-13)5-9-6-15-3-4-16-10(15)14-9/h3-4,6,8H,5,7,13H2,1-2H3. The lowest BCUT2D eigenvalue weighted by Gasteiger charge is -2.26. The first-order chi connectivity index (χ1) is 7.55. The Morgan fingerprint density at radius 2 is 2.38 bits per heavy atom. The molecular formula is C11H16FN3S. The van der Waals surface area contributed by atoms with Gasteiger partial charge >= 0.3 is 0 Å². The average molecular weight is 241 g/mol. The van der Waals surface area contributed by atoms with Gasteiger partial charge in [-0.1, -0.05) is 13.8 Å². The van der Waals surface area contributed by atoms with E-state index in [-0.39, 0.29) is 18.9 Å². The van der Waals surface area contributed by atoms with Gasteiger partial charge in [0.25, 0.3) is 0 Å². The topological polar surface area (TPSA) is 43.3 Å². The van der Waals surface area contributed by atoms with Crippen molar-refractivity contribution in [2.24, 2.45) is 11.7 Å². The highest BCUT2D eigenvalue weighted by atomic mass is 32.1. The summed E-state index contributed by atoms with van der Waals surface area (Å²) < 4.78 is 16.3. The molecule has 2 aromatic rings. The Kier molecular flexibility index (Phi) is 2.99. The number of imidazole rings is 1. The van der Waals surface area contributed by atoms with Crippen molar-refractivity contribution in [2.45, 2.75) is 25.9 Å². The van der Waals surface area contributed by atoms with Crippen LogP contribution in [0, 0.1) is 5.92 Å². The summed E-state index contributed by atoms with van der Waals surface area (Å²) in [5, 5.41) is 1.96. The van der Waals surface area contributed by atoms with Crippen LogP contribution in [0.1, 0.15) is 19.5 Å². The Bertz CT molecular complexity index is 448. The van der Waals surface area contributed by atoms with E-state index in [2.05, 4.69) is 4.98 Å². The number of fused-ring (bicyclic) bond motifs is 1. The van der Waals surface area contributed by atoms with Gasteiger partial charge in [0.05, 0.1) is 5.69 Å². The van der Waals surface area contributed by atoms with E-state index in [1.165, 1.54) is 0 Å². The quantitative estimate of drug-likeness (QED) is 0.892. The van der Waals surface area contributed by atoms with Gasteiger partial charge in [-0.3, -0.25) is 4.40 Å². The van der Waals surface area contributed by atoms with Crippen LogP contribution in [0.15, 0.2) is 17.8 Å². The highest BCUT2D eigenvalue weighted by Gasteiger charge is 2.33. The molecule has 0 aliphatic rings. The predicted molar refractivity (Wildman–Crippen MR) is 64.5 cm³/mol. The van der Waals surface area contributed by atoms with E-state index in [1.54, 1.807) is 11.3 Å². The first-order valence-corrected chi connectivity index (χ1v) is 6.23.